The van der Waals surface area contributed by atoms with Gasteiger partial charge in [-0.1, -0.05) is 23.8 Å². The average molecular weight is 272 g/mol. The third-order valence-electron chi connectivity index (χ3n) is 4.13. The van der Waals surface area contributed by atoms with Crippen LogP contribution in [0.3, 0.4) is 0 Å². The minimum absolute atomic E-state index is 0.290. The molecule has 3 aliphatic carbocycles. The molecule has 0 amide bonds. The van der Waals surface area contributed by atoms with Gasteiger partial charge in [0.05, 0.1) is 0 Å². The van der Waals surface area contributed by atoms with E-state index in [2.05, 4.69) is 26.5 Å². The summed E-state index contributed by atoms with van der Waals surface area (Å²) in [6, 6.07) is 5.55. The average Bonchev–Trinajstić information content (AvgIpc) is 2.98. The molecule has 0 fully saturated rings. The summed E-state index contributed by atoms with van der Waals surface area (Å²) in [7, 11) is 0. The number of hydrogen-bond donors (Lipinski definition) is 2. The molecular weight excluding hydrogens is 248 g/mol. The van der Waals surface area contributed by atoms with Crippen LogP contribution in [0.25, 0.3) is 11.1 Å². The molecule has 0 heterocycles. The van der Waals surface area contributed by atoms with E-state index in [-0.39, 0.29) is 6.61 Å². The fraction of sp³-hybridized carbons (Fsp3) is 0.444. The first kappa shape index (κ1) is 14.9. The number of hydrogen-bond acceptors (Lipinski definition) is 2. The van der Waals surface area contributed by atoms with E-state index in [4.69, 9.17) is 10.2 Å². The third-order valence-corrected chi connectivity index (χ3v) is 4.13. The van der Waals surface area contributed by atoms with Gasteiger partial charge >= 0.3 is 0 Å². The maximum Gasteiger partial charge on any atom is 0.116 e. The number of aliphatic hydroxyl groups excluding tert-OH is 1. The van der Waals surface area contributed by atoms with E-state index in [0.29, 0.717) is 17.6 Å². The van der Waals surface area contributed by atoms with Crippen LogP contribution in [-0.2, 0) is 0 Å². The van der Waals surface area contributed by atoms with E-state index in [9.17, 15) is 0 Å². The summed E-state index contributed by atoms with van der Waals surface area (Å²) in [5, 5.41) is 17.6. The van der Waals surface area contributed by atoms with Crippen LogP contribution in [0.5, 0.6) is 5.75 Å². The normalized spacial score (nSPS) is 22.4. The van der Waals surface area contributed by atoms with Crippen LogP contribution in [0, 0.1) is 11.8 Å². The second kappa shape index (κ2) is 6.27. The number of aromatic hydroxyl groups is 1. The van der Waals surface area contributed by atoms with Gasteiger partial charge in [0, 0.05) is 6.61 Å². The van der Waals surface area contributed by atoms with Gasteiger partial charge in [0.1, 0.15) is 5.75 Å². The molecule has 2 atom stereocenters. The van der Waals surface area contributed by atoms with E-state index in [0.717, 1.165) is 6.42 Å². The molecule has 0 aromatic carbocycles. The summed E-state index contributed by atoms with van der Waals surface area (Å²) >= 11 is 0. The molecule has 0 aromatic heterocycles. The largest absolute Gasteiger partial charge is 0.508 e. The van der Waals surface area contributed by atoms with Gasteiger partial charge in [0.2, 0.25) is 0 Å². The predicted octanol–water partition coefficient (Wildman–Crippen LogP) is 4.29. The molecule has 0 unspecified atom stereocenters. The number of aliphatic hydroxyl groups is 1. The standard InChI is InChI=1S/C12H20O.C6H4O/c1-9(2)12-5-4-10(3)8-11(12)6-7-13;7-6-2-4-1-5(4)3-6/h8,11-13H,1,4-7H2,2-3H3;1-3,7H/t11-,12-;/m0./s1. The van der Waals surface area contributed by atoms with Crippen molar-refractivity contribution >= 4 is 0 Å². The Bertz CT molecular complexity index is 508. The molecule has 3 rings (SSSR count). The number of allylic oxidation sites excluding steroid dienone is 3. The van der Waals surface area contributed by atoms with Crippen molar-refractivity contribution in [2.24, 2.45) is 11.8 Å². The van der Waals surface area contributed by atoms with E-state index >= 15 is 0 Å². The van der Waals surface area contributed by atoms with Crippen molar-refractivity contribution in [2.75, 3.05) is 6.61 Å². The molecule has 0 bridgehead atoms. The Kier molecular flexibility index (Phi) is 4.66. The van der Waals surface area contributed by atoms with Gasteiger partial charge in [-0.25, -0.2) is 0 Å². The summed E-state index contributed by atoms with van der Waals surface area (Å²) in [5.41, 5.74) is 5.12. The van der Waals surface area contributed by atoms with Crippen molar-refractivity contribution in [2.45, 2.75) is 33.1 Å². The number of fused-ring (bicyclic) bond motifs is 1. The van der Waals surface area contributed by atoms with Crippen molar-refractivity contribution in [3.8, 4) is 16.9 Å². The van der Waals surface area contributed by atoms with Gasteiger partial charge in [0.15, 0.2) is 0 Å². The van der Waals surface area contributed by atoms with Crippen LogP contribution in [0.1, 0.15) is 33.1 Å². The molecule has 2 nitrogen and oxygen atoms in total. The molecule has 0 saturated heterocycles. The molecule has 0 aliphatic heterocycles. The Labute approximate surface area is 121 Å². The van der Waals surface area contributed by atoms with Crippen molar-refractivity contribution in [1.82, 2.24) is 0 Å². The Morgan fingerprint density at radius 2 is 1.95 bits per heavy atom. The zero-order valence-electron chi connectivity index (χ0n) is 12.4. The lowest BCUT2D eigenvalue weighted by molar-refractivity contribution is 0.244. The van der Waals surface area contributed by atoms with Crippen molar-refractivity contribution < 1.29 is 10.2 Å². The van der Waals surface area contributed by atoms with Gasteiger partial charge in [-0.3, -0.25) is 0 Å². The molecule has 0 saturated carbocycles. The lowest BCUT2D eigenvalue weighted by Gasteiger charge is -2.29. The third kappa shape index (κ3) is 3.73. The molecule has 0 spiro atoms. The summed E-state index contributed by atoms with van der Waals surface area (Å²) in [4.78, 5) is 0. The fourth-order valence-electron chi connectivity index (χ4n) is 2.95. The molecule has 0 radical (unpaired) electrons. The van der Waals surface area contributed by atoms with Gasteiger partial charge in [-0.15, -0.1) is 0 Å². The lowest BCUT2D eigenvalue weighted by atomic mass is 9.76. The quantitative estimate of drug-likeness (QED) is 0.818. The maximum atomic E-state index is 8.95. The highest BCUT2D eigenvalue weighted by Crippen LogP contribution is 2.38. The van der Waals surface area contributed by atoms with Crippen LogP contribution in [0.2, 0.25) is 0 Å². The number of benzene rings is 1. The first-order chi connectivity index (χ1) is 9.51. The summed E-state index contributed by atoms with van der Waals surface area (Å²) in [6.07, 6.45) is 5.61. The lowest BCUT2D eigenvalue weighted by Crippen LogP contribution is -2.19. The fourth-order valence-corrected chi connectivity index (χ4v) is 2.95. The second-order valence-corrected chi connectivity index (χ2v) is 5.95. The molecular formula is C18H24O2. The Hall–Kier alpha value is -1.54. The number of phenols is 1. The predicted molar refractivity (Wildman–Crippen MR) is 83.6 cm³/mol. The molecule has 108 valence electrons. The van der Waals surface area contributed by atoms with Crippen molar-refractivity contribution in [3.05, 3.63) is 42.0 Å². The number of phenolic OH excluding ortho intramolecular Hbond substituents is 1. The summed E-state index contributed by atoms with van der Waals surface area (Å²) in [6.45, 7) is 8.60. The molecule has 3 aliphatic rings. The summed E-state index contributed by atoms with van der Waals surface area (Å²) < 4.78 is 0. The molecule has 2 heteroatoms. The zero-order valence-corrected chi connectivity index (χ0v) is 12.4. The van der Waals surface area contributed by atoms with E-state index in [1.807, 2.05) is 6.07 Å². The van der Waals surface area contributed by atoms with Crippen molar-refractivity contribution in [1.29, 1.82) is 0 Å². The van der Waals surface area contributed by atoms with E-state index in [1.165, 1.54) is 35.1 Å². The van der Waals surface area contributed by atoms with Crippen LogP contribution >= 0.6 is 0 Å². The minimum Gasteiger partial charge on any atom is -0.508 e. The Morgan fingerprint density at radius 1 is 1.30 bits per heavy atom. The highest BCUT2D eigenvalue weighted by Gasteiger charge is 2.23. The van der Waals surface area contributed by atoms with Gasteiger partial charge in [-0.05, 0) is 74.3 Å². The second-order valence-electron chi connectivity index (χ2n) is 5.95. The van der Waals surface area contributed by atoms with Crippen LogP contribution in [0.4, 0.5) is 0 Å². The summed E-state index contributed by atoms with van der Waals surface area (Å²) in [5.74, 6) is 1.51. The smallest absolute Gasteiger partial charge is 0.116 e. The molecule has 20 heavy (non-hydrogen) atoms. The van der Waals surface area contributed by atoms with E-state index in [1.54, 1.807) is 12.1 Å². The van der Waals surface area contributed by atoms with Crippen LogP contribution < -0.4 is 0 Å². The molecule has 2 N–H and O–H groups in total. The first-order valence-corrected chi connectivity index (χ1v) is 7.29. The zero-order chi connectivity index (χ0) is 14.7. The van der Waals surface area contributed by atoms with Gasteiger partial charge < -0.3 is 10.2 Å². The Morgan fingerprint density at radius 3 is 2.40 bits per heavy atom. The number of rotatable bonds is 3. The van der Waals surface area contributed by atoms with Crippen LogP contribution in [0.15, 0.2) is 42.0 Å². The monoisotopic (exact) mass is 272 g/mol. The van der Waals surface area contributed by atoms with E-state index < -0.39 is 0 Å². The van der Waals surface area contributed by atoms with Gasteiger partial charge in [0.25, 0.3) is 0 Å². The Balaban J connectivity index is 0.000000173. The minimum atomic E-state index is 0.290. The molecule has 0 aromatic rings. The highest BCUT2D eigenvalue weighted by molar-refractivity contribution is 5.83. The maximum absolute atomic E-state index is 8.95. The SMILES string of the molecule is C=C(C)[C@@H]1CCC(C)=C[C@@H]1CCO.Oc1cc2cc-2c1. The highest BCUT2D eigenvalue weighted by atomic mass is 16.3. The topological polar surface area (TPSA) is 40.5 Å². The first-order valence-electron chi connectivity index (χ1n) is 7.29. The van der Waals surface area contributed by atoms with Crippen LogP contribution in [-0.4, -0.2) is 16.8 Å². The van der Waals surface area contributed by atoms with Crippen molar-refractivity contribution in [3.63, 3.8) is 0 Å². The van der Waals surface area contributed by atoms with Gasteiger partial charge in [-0.2, -0.15) is 0 Å².